The number of amides is 1. The summed E-state index contributed by atoms with van der Waals surface area (Å²) in [5.41, 5.74) is 0.745. The van der Waals surface area contributed by atoms with Gasteiger partial charge in [-0.3, -0.25) is 9.78 Å². The largest absolute Gasteiger partial charge is 0.338 e. The van der Waals surface area contributed by atoms with Crippen LogP contribution >= 0.6 is 0 Å². The lowest BCUT2D eigenvalue weighted by molar-refractivity contribution is 0.0627. The van der Waals surface area contributed by atoms with Gasteiger partial charge in [-0.15, -0.1) is 0 Å². The van der Waals surface area contributed by atoms with E-state index in [9.17, 15) is 4.79 Å². The Labute approximate surface area is 121 Å². The number of aromatic nitrogens is 1. The van der Waals surface area contributed by atoms with Crippen molar-refractivity contribution in [1.82, 2.24) is 15.2 Å². The predicted octanol–water partition coefficient (Wildman–Crippen LogP) is 2.32. The molecule has 0 aromatic carbocycles. The Morgan fingerprint density at radius 2 is 2.15 bits per heavy atom. The highest BCUT2D eigenvalue weighted by molar-refractivity contribution is 5.94. The number of hydrogen-bond acceptors (Lipinski definition) is 3. The third-order valence-corrected chi connectivity index (χ3v) is 4.13. The number of carbonyl (C=O) groups excluding carboxylic acids is 1. The number of rotatable bonds is 5. The van der Waals surface area contributed by atoms with E-state index in [2.05, 4.69) is 24.1 Å². The highest BCUT2D eigenvalue weighted by atomic mass is 16.2. The lowest BCUT2D eigenvalue weighted by Gasteiger charge is -2.38. The maximum absolute atomic E-state index is 12.5. The molecule has 1 amide bonds. The van der Waals surface area contributed by atoms with Gasteiger partial charge in [-0.25, -0.2) is 0 Å². The molecule has 0 radical (unpaired) electrons. The van der Waals surface area contributed by atoms with Crippen LogP contribution in [0.4, 0.5) is 0 Å². The van der Waals surface area contributed by atoms with Crippen LogP contribution in [0.1, 0.15) is 43.5 Å². The van der Waals surface area contributed by atoms with Gasteiger partial charge in [0.15, 0.2) is 0 Å². The van der Waals surface area contributed by atoms with Crippen LogP contribution in [0.15, 0.2) is 24.5 Å². The van der Waals surface area contributed by atoms with Gasteiger partial charge in [0.25, 0.3) is 5.91 Å². The molecule has 0 saturated carbocycles. The van der Waals surface area contributed by atoms with Crippen LogP contribution in [-0.2, 0) is 0 Å². The minimum Gasteiger partial charge on any atom is -0.338 e. The minimum atomic E-state index is 0.139. The lowest BCUT2D eigenvalue weighted by Crippen LogP contribution is -2.51. The molecule has 0 aliphatic carbocycles. The maximum atomic E-state index is 12.5. The van der Waals surface area contributed by atoms with Gasteiger partial charge < -0.3 is 10.2 Å². The number of nitrogens with one attached hydrogen (secondary N) is 1. The summed E-state index contributed by atoms with van der Waals surface area (Å²) in [6.45, 7) is 7.18. The first-order valence-corrected chi connectivity index (χ1v) is 7.69. The smallest absolute Gasteiger partial charge is 0.253 e. The third-order valence-electron chi connectivity index (χ3n) is 4.13. The third kappa shape index (κ3) is 3.57. The molecule has 20 heavy (non-hydrogen) atoms. The van der Waals surface area contributed by atoms with Crippen molar-refractivity contribution < 1.29 is 4.79 Å². The molecule has 0 spiro atoms. The molecule has 1 aliphatic rings. The molecular weight excluding hydrogens is 250 g/mol. The van der Waals surface area contributed by atoms with Crippen molar-refractivity contribution in [3.05, 3.63) is 30.1 Å². The summed E-state index contributed by atoms with van der Waals surface area (Å²) >= 11 is 0. The van der Waals surface area contributed by atoms with Gasteiger partial charge in [0.1, 0.15) is 0 Å². The number of nitrogens with zero attached hydrogens (tertiary/aromatic N) is 2. The Morgan fingerprint density at radius 1 is 1.40 bits per heavy atom. The zero-order chi connectivity index (χ0) is 14.4. The first-order chi connectivity index (χ1) is 9.76. The van der Waals surface area contributed by atoms with Crippen molar-refractivity contribution in [2.45, 2.75) is 39.2 Å². The molecule has 1 fully saturated rings. The monoisotopic (exact) mass is 275 g/mol. The van der Waals surface area contributed by atoms with Crippen molar-refractivity contribution in [1.29, 1.82) is 0 Å². The number of pyridine rings is 1. The Bertz CT molecular complexity index is 421. The van der Waals surface area contributed by atoms with Gasteiger partial charge in [0, 0.05) is 37.1 Å². The Kier molecular flexibility index (Phi) is 5.53. The van der Waals surface area contributed by atoms with Gasteiger partial charge in [-0.05, 0) is 37.4 Å². The highest BCUT2D eigenvalue weighted by Gasteiger charge is 2.30. The molecule has 2 atom stereocenters. The Balaban J connectivity index is 1.97. The molecule has 1 saturated heterocycles. The predicted molar refractivity (Wildman–Crippen MR) is 80.6 cm³/mol. The first kappa shape index (κ1) is 15.0. The Hall–Kier alpha value is -1.42. The van der Waals surface area contributed by atoms with Crippen molar-refractivity contribution in [3.8, 4) is 0 Å². The number of carbonyl (C=O) groups is 1. The highest BCUT2D eigenvalue weighted by Crippen LogP contribution is 2.21. The van der Waals surface area contributed by atoms with Gasteiger partial charge in [0.2, 0.25) is 0 Å². The van der Waals surface area contributed by atoms with Crippen LogP contribution < -0.4 is 5.32 Å². The van der Waals surface area contributed by atoms with Crippen LogP contribution in [0.3, 0.4) is 0 Å². The molecule has 1 aromatic rings. The summed E-state index contributed by atoms with van der Waals surface area (Å²) in [6.07, 6.45) is 6.68. The van der Waals surface area contributed by atoms with E-state index in [1.54, 1.807) is 24.5 Å². The topological polar surface area (TPSA) is 45.2 Å². The van der Waals surface area contributed by atoms with E-state index in [4.69, 9.17) is 0 Å². The minimum absolute atomic E-state index is 0.139. The molecule has 110 valence electrons. The summed E-state index contributed by atoms with van der Waals surface area (Å²) in [5.74, 6) is 0.695. The van der Waals surface area contributed by atoms with Gasteiger partial charge in [-0.1, -0.05) is 20.3 Å². The summed E-state index contributed by atoms with van der Waals surface area (Å²) in [5, 5.41) is 3.62. The van der Waals surface area contributed by atoms with Crippen molar-refractivity contribution >= 4 is 5.91 Å². The summed E-state index contributed by atoms with van der Waals surface area (Å²) < 4.78 is 0. The van der Waals surface area contributed by atoms with Crippen LogP contribution in [0.25, 0.3) is 0 Å². The van der Waals surface area contributed by atoms with E-state index in [1.807, 2.05) is 4.90 Å². The second-order valence-electron chi connectivity index (χ2n) is 5.50. The molecule has 2 heterocycles. The molecule has 2 rings (SSSR count). The average Bonchev–Trinajstić information content (AvgIpc) is 2.52. The van der Waals surface area contributed by atoms with Crippen LogP contribution in [0.5, 0.6) is 0 Å². The Morgan fingerprint density at radius 3 is 2.80 bits per heavy atom. The number of hydrogen-bond donors (Lipinski definition) is 1. The van der Waals surface area contributed by atoms with E-state index < -0.39 is 0 Å². The molecule has 1 aromatic heterocycles. The maximum Gasteiger partial charge on any atom is 0.253 e. The summed E-state index contributed by atoms with van der Waals surface area (Å²) in [6, 6.07) is 4.15. The van der Waals surface area contributed by atoms with Crippen LogP contribution in [0.2, 0.25) is 0 Å². The van der Waals surface area contributed by atoms with Crippen molar-refractivity contribution in [2.24, 2.45) is 5.92 Å². The number of piperidine rings is 1. The molecular formula is C16H25N3O. The SMILES string of the molecule is CCCNC1CCN(C(=O)c2ccncc2)CC1CC. The normalized spacial score (nSPS) is 22.8. The van der Waals surface area contributed by atoms with Gasteiger partial charge in [-0.2, -0.15) is 0 Å². The standard InChI is InChI=1S/C16H25N3O/c1-3-8-18-15-7-11-19(12-13(15)4-2)16(20)14-5-9-17-10-6-14/h5-6,9-10,13,15,18H,3-4,7-8,11-12H2,1-2H3. The summed E-state index contributed by atoms with van der Waals surface area (Å²) in [4.78, 5) is 18.4. The van der Waals surface area contributed by atoms with E-state index in [1.165, 1.54) is 0 Å². The molecule has 4 nitrogen and oxygen atoms in total. The molecule has 2 unspecified atom stereocenters. The second kappa shape index (κ2) is 7.39. The van der Waals surface area contributed by atoms with E-state index in [-0.39, 0.29) is 5.91 Å². The molecule has 1 aliphatic heterocycles. The second-order valence-corrected chi connectivity index (χ2v) is 5.50. The van der Waals surface area contributed by atoms with E-state index >= 15 is 0 Å². The molecule has 1 N–H and O–H groups in total. The first-order valence-electron chi connectivity index (χ1n) is 7.69. The molecule has 0 bridgehead atoms. The fraction of sp³-hybridized carbons (Fsp3) is 0.625. The van der Waals surface area contributed by atoms with Crippen LogP contribution in [-0.4, -0.2) is 41.5 Å². The van der Waals surface area contributed by atoms with Crippen molar-refractivity contribution in [3.63, 3.8) is 0 Å². The lowest BCUT2D eigenvalue weighted by atomic mass is 9.89. The van der Waals surface area contributed by atoms with Gasteiger partial charge in [0.05, 0.1) is 0 Å². The zero-order valence-electron chi connectivity index (χ0n) is 12.5. The fourth-order valence-corrected chi connectivity index (χ4v) is 2.91. The van der Waals surface area contributed by atoms with E-state index in [0.717, 1.165) is 44.5 Å². The van der Waals surface area contributed by atoms with Crippen molar-refractivity contribution in [2.75, 3.05) is 19.6 Å². The van der Waals surface area contributed by atoms with E-state index in [0.29, 0.717) is 12.0 Å². The fourth-order valence-electron chi connectivity index (χ4n) is 2.91. The van der Waals surface area contributed by atoms with Gasteiger partial charge >= 0.3 is 0 Å². The summed E-state index contributed by atoms with van der Waals surface area (Å²) in [7, 11) is 0. The zero-order valence-corrected chi connectivity index (χ0v) is 12.5. The van der Waals surface area contributed by atoms with Crippen LogP contribution in [0, 0.1) is 5.92 Å². The average molecular weight is 275 g/mol. The number of likely N-dealkylation sites (tertiary alicyclic amines) is 1. The molecule has 4 heteroatoms. The quantitative estimate of drug-likeness (QED) is 0.897.